The summed E-state index contributed by atoms with van der Waals surface area (Å²) in [5, 5.41) is 0.681. The maximum atomic E-state index is 6.30. The zero-order chi connectivity index (χ0) is 14.1. The van der Waals surface area contributed by atoms with Crippen LogP contribution in [-0.4, -0.2) is 9.55 Å². The molecule has 0 bridgehead atoms. The number of benzene rings is 2. The molecular weight excluding hydrogens is 270 g/mol. The Morgan fingerprint density at radius 1 is 1.10 bits per heavy atom. The predicted octanol–water partition coefficient (Wildman–Crippen LogP) is 3.88. The van der Waals surface area contributed by atoms with Crippen molar-refractivity contribution >= 4 is 28.6 Å². The van der Waals surface area contributed by atoms with Gasteiger partial charge in [-0.25, -0.2) is 4.98 Å². The lowest BCUT2D eigenvalue weighted by Crippen LogP contribution is -2.06. The van der Waals surface area contributed by atoms with Crippen LogP contribution in [0.2, 0.25) is 5.02 Å². The Hall–Kier alpha value is -2.00. The maximum Gasteiger partial charge on any atom is 0.201 e. The Morgan fingerprint density at radius 2 is 1.85 bits per heavy atom. The van der Waals surface area contributed by atoms with Crippen molar-refractivity contribution in [1.29, 1.82) is 0 Å². The largest absolute Gasteiger partial charge is 0.369 e. The second-order valence-electron chi connectivity index (χ2n) is 4.79. The van der Waals surface area contributed by atoms with Gasteiger partial charge >= 0.3 is 0 Å². The topological polar surface area (TPSA) is 43.8 Å². The number of hydrogen-bond donors (Lipinski definition) is 1. The van der Waals surface area contributed by atoms with Crippen molar-refractivity contribution in [3.8, 4) is 0 Å². The van der Waals surface area contributed by atoms with E-state index in [1.165, 1.54) is 11.1 Å². The molecule has 0 atom stereocenters. The third kappa shape index (κ3) is 2.14. The molecule has 0 fully saturated rings. The summed E-state index contributed by atoms with van der Waals surface area (Å²) in [4.78, 5) is 4.38. The van der Waals surface area contributed by atoms with Crippen LogP contribution in [-0.2, 0) is 13.0 Å². The quantitative estimate of drug-likeness (QED) is 0.793. The highest BCUT2D eigenvalue weighted by Gasteiger charge is 2.12. The van der Waals surface area contributed by atoms with Crippen molar-refractivity contribution in [3.05, 3.63) is 58.6 Å². The van der Waals surface area contributed by atoms with Gasteiger partial charge in [-0.2, -0.15) is 0 Å². The number of imidazole rings is 1. The average molecular weight is 286 g/mol. The van der Waals surface area contributed by atoms with Crippen LogP contribution in [0.3, 0.4) is 0 Å². The first kappa shape index (κ1) is 13.0. The number of nitrogen functional groups attached to an aromatic ring is 1. The molecule has 2 aromatic carbocycles. The molecule has 1 heterocycles. The Kier molecular flexibility index (Phi) is 3.36. The summed E-state index contributed by atoms with van der Waals surface area (Å²) in [5.41, 5.74) is 10.4. The Labute approximate surface area is 123 Å². The zero-order valence-electron chi connectivity index (χ0n) is 11.3. The number of para-hydroxylation sites is 1. The molecule has 0 saturated carbocycles. The smallest absolute Gasteiger partial charge is 0.201 e. The lowest BCUT2D eigenvalue weighted by atomic mass is 10.1. The highest BCUT2D eigenvalue weighted by molar-refractivity contribution is 6.35. The van der Waals surface area contributed by atoms with E-state index in [9.17, 15) is 0 Å². The number of hydrogen-bond acceptors (Lipinski definition) is 2. The fraction of sp³-hybridized carbons (Fsp3) is 0.188. The minimum atomic E-state index is 0.499. The summed E-state index contributed by atoms with van der Waals surface area (Å²) in [6.07, 6.45) is 0.996. The molecule has 3 nitrogen and oxygen atoms in total. The molecule has 20 heavy (non-hydrogen) atoms. The standard InChI is InChI=1S/C16H16ClN3/c1-2-11-6-3-4-7-12(11)10-20-15-13(17)8-5-9-14(15)19-16(20)18/h3-9H,2,10H2,1H3,(H2,18,19). The molecule has 3 rings (SSSR count). The van der Waals surface area contributed by atoms with E-state index in [0.717, 1.165) is 17.5 Å². The average Bonchev–Trinajstić information content (AvgIpc) is 2.77. The van der Waals surface area contributed by atoms with Gasteiger partial charge in [0.15, 0.2) is 0 Å². The molecule has 0 aliphatic rings. The van der Waals surface area contributed by atoms with Crippen LogP contribution >= 0.6 is 11.6 Å². The third-order valence-corrected chi connectivity index (χ3v) is 3.88. The summed E-state index contributed by atoms with van der Waals surface area (Å²) in [6, 6.07) is 14.1. The molecule has 4 heteroatoms. The van der Waals surface area contributed by atoms with E-state index in [1.54, 1.807) is 0 Å². The number of rotatable bonds is 3. The number of nitrogens with two attached hydrogens (primary N) is 1. The van der Waals surface area contributed by atoms with Crippen LogP contribution in [0.5, 0.6) is 0 Å². The normalized spacial score (nSPS) is 11.1. The van der Waals surface area contributed by atoms with Crippen molar-refractivity contribution in [2.75, 3.05) is 5.73 Å². The van der Waals surface area contributed by atoms with Crippen LogP contribution < -0.4 is 5.73 Å². The highest BCUT2D eigenvalue weighted by Crippen LogP contribution is 2.27. The number of aromatic nitrogens is 2. The summed E-state index contributed by atoms with van der Waals surface area (Å²) < 4.78 is 1.98. The molecule has 0 unspecified atom stereocenters. The van der Waals surface area contributed by atoms with Gasteiger partial charge in [-0.15, -0.1) is 0 Å². The molecule has 0 aliphatic carbocycles. The lowest BCUT2D eigenvalue weighted by molar-refractivity contribution is 0.825. The summed E-state index contributed by atoms with van der Waals surface area (Å²) in [6.45, 7) is 2.84. The van der Waals surface area contributed by atoms with Gasteiger partial charge in [0.2, 0.25) is 5.95 Å². The molecule has 102 valence electrons. The number of fused-ring (bicyclic) bond motifs is 1. The third-order valence-electron chi connectivity index (χ3n) is 3.57. The van der Waals surface area contributed by atoms with Gasteiger partial charge in [-0.05, 0) is 29.7 Å². The molecule has 0 spiro atoms. The number of aryl methyl sites for hydroxylation is 1. The van der Waals surface area contributed by atoms with Crippen LogP contribution in [0.25, 0.3) is 11.0 Å². The molecule has 2 N–H and O–H groups in total. The minimum absolute atomic E-state index is 0.499. The summed E-state index contributed by atoms with van der Waals surface area (Å²) in [5.74, 6) is 0.499. The van der Waals surface area contributed by atoms with Gasteiger partial charge in [0.05, 0.1) is 22.6 Å². The fourth-order valence-corrected chi connectivity index (χ4v) is 2.82. The first-order valence-corrected chi connectivity index (χ1v) is 7.05. The number of halogens is 1. The molecular formula is C16H16ClN3. The van der Waals surface area contributed by atoms with E-state index in [0.29, 0.717) is 17.5 Å². The zero-order valence-corrected chi connectivity index (χ0v) is 12.1. The highest BCUT2D eigenvalue weighted by atomic mass is 35.5. The molecule has 1 aromatic heterocycles. The summed E-state index contributed by atoms with van der Waals surface area (Å²) >= 11 is 6.30. The van der Waals surface area contributed by atoms with Crippen LogP contribution in [0, 0.1) is 0 Å². The van der Waals surface area contributed by atoms with E-state index < -0.39 is 0 Å². The van der Waals surface area contributed by atoms with Gasteiger partial charge in [0, 0.05) is 0 Å². The second-order valence-corrected chi connectivity index (χ2v) is 5.19. The van der Waals surface area contributed by atoms with Crippen LogP contribution in [0.15, 0.2) is 42.5 Å². The molecule has 0 radical (unpaired) electrons. The molecule has 3 aromatic rings. The van der Waals surface area contributed by atoms with Crippen LogP contribution in [0.1, 0.15) is 18.1 Å². The van der Waals surface area contributed by atoms with Gasteiger partial charge < -0.3 is 10.3 Å². The van der Waals surface area contributed by atoms with Crippen molar-refractivity contribution in [1.82, 2.24) is 9.55 Å². The molecule has 0 aliphatic heterocycles. The minimum Gasteiger partial charge on any atom is -0.369 e. The number of anilines is 1. The first-order valence-electron chi connectivity index (χ1n) is 6.67. The van der Waals surface area contributed by atoms with Gasteiger partial charge in [-0.3, -0.25) is 0 Å². The SMILES string of the molecule is CCc1ccccc1Cn1c(N)nc2cccc(Cl)c21. The summed E-state index contributed by atoms with van der Waals surface area (Å²) in [7, 11) is 0. The van der Waals surface area contributed by atoms with E-state index in [-0.39, 0.29) is 0 Å². The van der Waals surface area contributed by atoms with E-state index in [4.69, 9.17) is 17.3 Å². The monoisotopic (exact) mass is 285 g/mol. The lowest BCUT2D eigenvalue weighted by Gasteiger charge is -2.11. The Morgan fingerprint density at radius 3 is 2.60 bits per heavy atom. The molecule has 0 amide bonds. The Balaban J connectivity index is 2.13. The van der Waals surface area contributed by atoms with Crippen molar-refractivity contribution in [2.45, 2.75) is 19.9 Å². The van der Waals surface area contributed by atoms with Crippen molar-refractivity contribution in [3.63, 3.8) is 0 Å². The Bertz CT molecular complexity index is 762. The second kappa shape index (κ2) is 5.17. The van der Waals surface area contributed by atoms with Crippen LogP contribution in [0.4, 0.5) is 5.95 Å². The predicted molar refractivity (Wildman–Crippen MR) is 84.1 cm³/mol. The fourth-order valence-electron chi connectivity index (χ4n) is 2.55. The maximum absolute atomic E-state index is 6.30. The molecule has 0 saturated heterocycles. The van der Waals surface area contributed by atoms with Gasteiger partial charge in [-0.1, -0.05) is 48.9 Å². The number of nitrogens with zero attached hydrogens (tertiary/aromatic N) is 2. The van der Waals surface area contributed by atoms with E-state index >= 15 is 0 Å². The van der Waals surface area contributed by atoms with E-state index in [2.05, 4.69) is 30.1 Å². The van der Waals surface area contributed by atoms with E-state index in [1.807, 2.05) is 28.8 Å². The first-order chi connectivity index (χ1) is 9.70. The van der Waals surface area contributed by atoms with Crippen molar-refractivity contribution in [2.24, 2.45) is 0 Å². The van der Waals surface area contributed by atoms with Gasteiger partial charge in [0.1, 0.15) is 0 Å². The van der Waals surface area contributed by atoms with Gasteiger partial charge in [0.25, 0.3) is 0 Å². The van der Waals surface area contributed by atoms with Crippen molar-refractivity contribution < 1.29 is 0 Å².